The van der Waals surface area contributed by atoms with Crippen molar-refractivity contribution >= 4 is 22.4 Å². The van der Waals surface area contributed by atoms with Crippen LogP contribution in [-0.2, 0) is 0 Å². The molecule has 0 unspecified atom stereocenters. The summed E-state index contributed by atoms with van der Waals surface area (Å²) in [5, 5.41) is 7.47. The summed E-state index contributed by atoms with van der Waals surface area (Å²) in [6.07, 6.45) is 1.60. The number of benzene rings is 2. The molecule has 0 fully saturated rings. The zero-order chi connectivity index (χ0) is 21.8. The van der Waals surface area contributed by atoms with Gasteiger partial charge in [0.15, 0.2) is 0 Å². The van der Waals surface area contributed by atoms with Gasteiger partial charge in [-0.05, 0) is 31.5 Å². The summed E-state index contributed by atoms with van der Waals surface area (Å²) >= 11 is 0. The van der Waals surface area contributed by atoms with Gasteiger partial charge in [0.25, 0.3) is 0 Å². The molecular formula is C24H40N4. The van der Waals surface area contributed by atoms with E-state index in [0.717, 1.165) is 29.0 Å². The number of hydrogen-bond donors (Lipinski definition) is 2. The number of aryl methyl sites for hydroxylation is 1. The van der Waals surface area contributed by atoms with E-state index in [1.54, 1.807) is 6.33 Å². The Bertz CT molecular complexity index is 686. The van der Waals surface area contributed by atoms with Crippen molar-refractivity contribution in [1.82, 2.24) is 9.97 Å². The molecule has 28 heavy (non-hydrogen) atoms. The van der Waals surface area contributed by atoms with Gasteiger partial charge in [-0.2, -0.15) is 0 Å². The van der Waals surface area contributed by atoms with Gasteiger partial charge >= 0.3 is 0 Å². The van der Waals surface area contributed by atoms with Gasteiger partial charge in [-0.1, -0.05) is 77.9 Å². The first-order valence-corrected chi connectivity index (χ1v) is 10.4. The van der Waals surface area contributed by atoms with E-state index in [1.807, 2.05) is 85.0 Å². The minimum absolute atomic E-state index is 0.856. The maximum absolute atomic E-state index is 4.28. The smallest absolute Gasteiger partial charge is 0.137 e. The third-order valence-electron chi connectivity index (χ3n) is 3.26. The molecule has 2 N–H and O–H groups in total. The van der Waals surface area contributed by atoms with Crippen LogP contribution in [0.1, 0.15) is 54.0 Å². The standard InChI is InChI=1S/C12H16N4.C6H6.3C2H6/c1-4-14-12-9-6-10(13-3)8(2)5-11(9)15-7-16-12;1-2-4-6-5-3-1;3*1-2/h5-7,13H,4H2,1-3H3,(H,14,15,16);1-6H;3*1-2H3. The molecule has 0 saturated carbocycles. The fourth-order valence-electron chi connectivity index (χ4n) is 2.17. The minimum Gasteiger partial charge on any atom is -0.388 e. The van der Waals surface area contributed by atoms with Crippen LogP contribution in [0.5, 0.6) is 0 Å². The van der Waals surface area contributed by atoms with Crippen molar-refractivity contribution in [3.63, 3.8) is 0 Å². The van der Waals surface area contributed by atoms with E-state index >= 15 is 0 Å². The molecule has 0 saturated heterocycles. The maximum atomic E-state index is 4.28. The highest BCUT2D eigenvalue weighted by Gasteiger charge is 2.05. The molecule has 0 aliphatic heterocycles. The number of rotatable bonds is 3. The van der Waals surface area contributed by atoms with Gasteiger partial charge < -0.3 is 10.6 Å². The Hall–Kier alpha value is -2.62. The van der Waals surface area contributed by atoms with Crippen LogP contribution in [-0.4, -0.2) is 23.6 Å². The topological polar surface area (TPSA) is 49.8 Å². The first-order chi connectivity index (χ1) is 13.8. The Morgan fingerprint density at radius 1 is 0.786 bits per heavy atom. The van der Waals surface area contributed by atoms with Crippen molar-refractivity contribution in [2.45, 2.75) is 55.4 Å². The molecule has 156 valence electrons. The lowest BCUT2D eigenvalue weighted by Crippen LogP contribution is -2.01. The molecule has 0 aliphatic carbocycles. The molecule has 0 aliphatic rings. The van der Waals surface area contributed by atoms with Crippen LogP contribution < -0.4 is 10.6 Å². The van der Waals surface area contributed by atoms with Crippen molar-refractivity contribution in [3.8, 4) is 0 Å². The average molecular weight is 385 g/mol. The van der Waals surface area contributed by atoms with Gasteiger partial charge in [-0.15, -0.1) is 0 Å². The molecule has 2 aromatic carbocycles. The average Bonchev–Trinajstić information content (AvgIpc) is 2.79. The van der Waals surface area contributed by atoms with Crippen LogP contribution in [0.25, 0.3) is 10.9 Å². The second kappa shape index (κ2) is 19.2. The summed E-state index contributed by atoms with van der Waals surface area (Å²) in [6, 6.07) is 16.2. The maximum Gasteiger partial charge on any atom is 0.137 e. The van der Waals surface area contributed by atoms with E-state index in [-0.39, 0.29) is 0 Å². The number of anilines is 2. The molecule has 0 spiro atoms. The number of nitrogens with one attached hydrogen (secondary N) is 2. The molecule has 0 atom stereocenters. The van der Waals surface area contributed by atoms with E-state index in [0.29, 0.717) is 0 Å². The first kappa shape index (κ1) is 27.6. The van der Waals surface area contributed by atoms with Gasteiger partial charge in [0, 0.05) is 24.7 Å². The summed E-state index contributed by atoms with van der Waals surface area (Å²) in [5.74, 6) is 0.893. The zero-order valence-electron chi connectivity index (χ0n) is 19.3. The highest BCUT2D eigenvalue weighted by Crippen LogP contribution is 2.25. The van der Waals surface area contributed by atoms with Crippen molar-refractivity contribution in [2.24, 2.45) is 0 Å². The molecule has 4 nitrogen and oxygen atoms in total. The predicted molar refractivity (Wildman–Crippen MR) is 128 cm³/mol. The minimum atomic E-state index is 0.856. The molecule has 3 aromatic rings. The second-order valence-electron chi connectivity index (χ2n) is 4.84. The third-order valence-corrected chi connectivity index (χ3v) is 3.26. The highest BCUT2D eigenvalue weighted by molar-refractivity contribution is 5.92. The summed E-state index contributed by atoms with van der Waals surface area (Å²) in [6.45, 7) is 17.0. The van der Waals surface area contributed by atoms with Crippen LogP contribution in [0.4, 0.5) is 11.5 Å². The van der Waals surface area contributed by atoms with Crippen LogP contribution in [0.15, 0.2) is 54.9 Å². The van der Waals surface area contributed by atoms with Crippen molar-refractivity contribution in [1.29, 1.82) is 0 Å². The van der Waals surface area contributed by atoms with Crippen LogP contribution >= 0.6 is 0 Å². The molecule has 1 heterocycles. The number of fused-ring (bicyclic) bond motifs is 1. The van der Waals surface area contributed by atoms with E-state index in [2.05, 4.69) is 46.6 Å². The normalized spacial score (nSPS) is 8.32. The fourth-order valence-corrected chi connectivity index (χ4v) is 2.17. The summed E-state index contributed by atoms with van der Waals surface area (Å²) in [4.78, 5) is 8.53. The van der Waals surface area contributed by atoms with Crippen LogP contribution in [0.2, 0.25) is 0 Å². The van der Waals surface area contributed by atoms with E-state index in [4.69, 9.17) is 0 Å². The molecule has 0 radical (unpaired) electrons. The lowest BCUT2D eigenvalue weighted by molar-refractivity contribution is 1.14. The Morgan fingerprint density at radius 2 is 1.29 bits per heavy atom. The molecule has 4 heteroatoms. The Balaban J connectivity index is 0. The lowest BCUT2D eigenvalue weighted by Gasteiger charge is -2.10. The highest BCUT2D eigenvalue weighted by atomic mass is 15.0. The Labute approximate surface area is 172 Å². The number of nitrogens with zero attached hydrogens (tertiary/aromatic N) is 2. The van der Waals surface area contributed by atoms with Crippen molar-refractivity contribution in [3.05, 3.63) is 60.4 Å². The molecular weight excluding hydrogens is 344 g/mol. The summed E-state index contributed by atoms with van der Waals surface area (Å²) < 4.78 is 0. The molecule has 1 aromatic heterocycles. The van der Waals surface area contributed by atoms with E-state index < -0.39 is 0 Å². The zero-order valence-corrected chi connectivity index (χ0v) is 19.3. The Morgan fingerprint density at radius 3 is 1.71 bits per heavy atom. The molecule has 3 rings (SSSR count). The quantitative estimate of drug-likeness (QED) is 0.502. The van der Waals surface area contributed by atoms with E-state index in [1.165, 1.54) is 5.56 Å². The Kier molecular flexibility index (Phi) is 18.9. The van der Waals surface area contributed by atoms with Gasteiger partial charge in [0.2, 0.25) is 0 Å². The fraction of sp³-hybridized carbons (Fsp3) is 0.417. The predicted octanol–water partition coefficient (Wildman–Crippen LogP) is 7.18. The number of hydrogen-bond acceptors (Lipinski definition) is 4. The van der Waals surface area contributed by atoms with Crippen LogP contribution in [0, 0.1) is 6.92 Å². The summed E-state index contributed by atoms with van der Waals surface area (Å²) in [7, 11) is 1.92. The van der Waals surface area contributed by atoms with Gasteiger partial charge in [0.1, 0.15) is 12.1 Å². The summed E-state index contributed by atoms with van der Waals surface area (Å²) in [5.41, 5.74) is 3.28. The van der Waals surface area contributed by atoms with Crippen molar-refractivity contribution in [2.75, 3.05) is 24.2 Å². The van der Waals surface area contributed by atoms with E-state index in [9.17, 15) is 0 Å². The monoisotopic (exact) mass is 384 g/mol. The van der Waals surface area contributed by atoms with Gasteiger partial charge in [-0.25, -0.2) is 9.97 Å². The molecule has 0 amide bonds. The molecule has 0 bridgehead atoms. The first-order valence-electron chi connectivity index (χ1n) is 10.4. The SMILES string of the molecule is CC.CC.CC.CCNc1ncnc2cc(C)c(NC)cc12.c1ccccc1. The van der Waals surface area contributed by atoms with Gasteiger partial charge in [-0.3, -0.25) is 0 Å². The second-order valence-corrected chi connectivity index (χ2v) is 4.84. The largest absolute Gasteiger partial charge is 0.388 e. The number of aromatic nitrogens is 2. The van der Waals surface area contributed by atoms with Crippen LogP contribution in [0.3, 0.4) is 0 Å². The van der Waals surface area contributed by atoms with Gasteiger partial charge in [0.05, 0.1) is 5.52 Å². The third kappa shape index (κ3) is 9.91. The van der Waals surface area contributed by atoms with Crippen molar-refractivity contribution < 1.29 is 0 Å². The lowest BCUT2D eigenvalue weighted by atomic mass is 10.1.